The van der Waals surface area contributed by atoms with Crippen molar-refractivity contribution in [3.8, 4) is 33.7 Å². The molecule has 1 fully saturated rings. The molecule has 2 aromatic carbocycles. The van der Waals surface area contributed by atoms with Crippen molar-refractivity contribution in [3.05, 3.63) is 82.4 Å². The highest BCUT2D eigenvalue weighted by atomic mass is 35.5. The Labute approximate surface area is 213 Å². The molecule has 5 rings (SSSR count). The van der Waals surface area contributed by atoms with E-state index < -0.39 is 5.82 Å². The van der Waals surface area contributed by atoms with Gasteiger partial charge in [0.05, 0.1) is 10.7 Å². The van der Waals surface area contributed by atoms with Gasteiger partial charge in [0, 0.05) is 55.4 Å². The molecule has 36 heavy (non-hydrogen) atoms. The minimum Gasteiger partial charge on any atom is -0.507 e. The van der Waals surface area contributed by atoms with Gasteiger partial charge < -0.3 is 20.3 Å². The van der Waals surface area contributed by atoms with E-state index in [1.807, 2.05) is 13.0 Å². The van der Waals surface area contributed by atoms with Crippen molar-refractivity contribution >= 4 is 17.4 Å². The summed E-state index contributed by atoms with van der Waals surface area (Å²) >= 11 is 6.51. The molecule has 0 aliphatic carbocycles. The third kappa shape index (κ3) is 4.50. The largest absolute Gasteiger partial charge is 0.507 e. The first-order valence-corrected chi connectivity index (χ1v) is 12.1. The number of nitrogens with two attached hydrogens (primary N) is 1. The molecule has 1 aliphatic rings. The summed E-state index contributed by atoms with van der Waals surface area (Å²) in [5, 5.41) is 11.5. The summed E-state index contributed by atoms with van der Waals surface area (Å²) < 4.78 is 17.7. The van der Waals surface area contributed by atoms with Crippen molar-refractivity contribution in [2.24, 2.45) is 12.8 Å². The van der Waals surface area contributed by atoms with Gasteiger partial charge in [0.2, 0.25) is 0 Å². The van der Waals surface area contributed by atoms with Crippen LogP contribution in [0.3, 0.4) is 0 Å². The van der Waals surface area contributed by atoms with Gasteiger partial charge in [0.1, 0.15) is 17.4 Å². The summed E-state index contributed by atoms with van der Waals surface area (Å²) in [6.45, 7) is 3.52. The number of aromatic hydroxyl groups is 1. The Morgan fingerprint density at radius 3 is 2.47 bits per heavy atom. The third-order valence-corrected chi connectivity index (χ3v) is 6.95. The fraction of sp³-hybridized carbons (Fsp3) is 0.259. The van der Waals surface area contributed by atoms with Crippen LogP contribution in [-0.4, -0.2) is 37.9 Å². The highest BCUT2D eigenvalue weighted by Gasteiger charge is 2.28. The molecular weight excluding hydrogens is 481 g/mol. The molecule has 0 spiro atoms. The van der Waals surface area contributed by atoms with Crippen LogP contribution in [0.1, 0.15) is 19.8 Å². The Bertz CT molecular complexity index is 1510. The van der Waals surface area contributed by atoms with Crippen molar-refractivity contribution in [2.75, 3.05) is 18.0 Å². The summed E-state index contributed by atoms with van der Waals surface area (Å²) in [4.78, 5) is 18.9. The highest BCUT2D eigenvalue weighted by molar-refractivity contribution is 6.32. The maximum absolute atomic E-state index is 14.8. The number of nitrogens with zero attached hydrogens (tertiary/aromatic N) is 4. The lowest BCUT2D eigenvalue weighted by Crippen LogP contribution is -2.52. The number of imidazole rings is 1. The van der Waals surface area contributed by atoms with Crippen LogP contribution in [0.15, 0.2) is 65.8 Å². The second-order valence-electron chi connectivity index (χ2n) is 9.66. The zero-order chi connectivity index (χ0) is 25.6. The van der Waals surface area contributed by atoms with Crippen LogP contribution >= 0.6 is 11.6 Å². The molecular formula is C27H27ClFN5O2. The molecule has 1 unspecified atom stereocenters. The van der Waals surface area contributed by atoms with Crippen LogP contribution in [0, 0.1) is 5.82 Å². The number of phenols is 1. The maximum atomic E-state index is 14.8. The van der Waals surface area contributed by atoms with Crippen LogP contribution in [0.4, 0.5) is 10.2 Å². The first-order chi connectivity index (χ1) is 17.1. The minimum atomic E-state index is -0.497. The van der Waals surface area contributed by atoms with E-state index in [1.54, 1.807) is 49.9 Å². The summed E-state index contributed by atoms with van der Waals surface area (Å²) in [5.74, 6) is 0.162. The summed E-state index contributed by atoms with van der Waals surface area (Å²) in [6.07, 6.45) is 6.81. The van der Waals surface area contributed by atoms with Gasteiger partial charge in [0.15, 0.2) is 0 Å². The Kier molecular flexibility index (Phi) is 6.10. The van der Waals surface area contributed by atoms with Crippen molar-refractivity contribution in [3.63, 3.8) is 0 Å². The molecule has 1 aliphatic heterocycles. The molecule has 4 aromatic rings. The topological polar surface area (TPSA) is 89.3 Å². The molecule has 1 saturated heterocycles. The van der Waals surface area contributed by atoms with Crippen LogP contribution in [-0.2, 0) is 7.05 Å². The molecule has 0 bridgehead atoms. The third-order valence-electron chi connectivity index (χ3n) is 6.65. The number of phenolic OH excluding ortho intramolecular Hbond substituents is 1. The number of hydrogen-bond donors (Lipinski definition) is 2. The quantitative estimate of drug-likeness (QED) is 0.417. The number of halogens is 2. The van der Waals surface area contributed by atoms with E-state index >= 15 is 0 Å². The number of piperidine rings is 1. The SMILES string of the molecule is Cn1ccn(-c2ccc(-c3cc(F)cc(-c4ccnc(N5CCCC(C)(N)C5)c4)c3O)cc2Cl)c1=O. The van der Waals surface area contributed by atoms with Gasteiger partial charge in [-0.25, -0.2) is 14.2 Å². The van der Waals surface area contributed by atoms with E-state index in [0.717, 1.165) is 25.2 Å². The first-order valence-electron chi connectivity index (χ1n) is 11.7. The van der Waals surface area contributed by atoms with E-state index in [9.17, 15) is 14.3 Å². The number of benzene rings is 2. The zero-order valence-electron chi connectivity index (χ0n) is 20.1. The smallest absolute Gasteiger partial charge is 0.332 e. The number of anilines is 1. The monoisotopic (exact) mass is 507 g/mol. The van der Waals surface area contributed by atoms with E-state index in [2.05, 4.69) is 9.88 Å². The van der Waals surface area contributed by atoms with Crippen LogP contribution < -0.4 is 16.3 Å². The average molecular weight is 508 g/mol. The van der Waals surface area contributed by atoms with Crippen molar-refractivity contribution in [1.82, 2.24) is 14.1 Å². The summed E-state index contributed by atoms with van der Waals surface area (Å²) in [5.41, 5.74) is 8.12. The minimum absolute atomic E-state index is 0.0726. The standard InChI is InChI=1S/C27H27ClFN5O2/c1-27(30)7-3-9-33(16-27)24-13-18(6-8-31-24)21-15-19(29)14-20(25(21)35)17-4-5-23(22(28)12-17)34-11-10-32(2)26(34)36/h4-6,8,10-15,35H,3,7,9,16,30H2,1-2H3. The van der Waals surface area contributed by atoms with Gasteiger partial charge in [-0.1, -0.05) is 17.7 Å². The second kappa shape index (κ2) is 9.11. The molecule has 1 atom stereocenters. The second-order valence-corrected chi connectivity index (χ2v) is 10.1. The fourth-order valence-electron chi connectivity index (χ4n) is 4.78. The number of rotatable bonds is 4. The Hall–Kier alpha value is -3.62. The molecule has 9 heteroatoms. The van der Waals surface area contributed by atoms with E-state index in [0.29, 0.717) is 39.5 Å². The van der Waals surface area contributed by atoms with Gasteiger partial charge in [-0.05, 0) is 67.3 Å². The highest BCUT2D eigenvalue weighted by Crippen LogP contribution is 2.41. The van der Waals surface area contributed by atoms with Gasteiger partial charge >= 0.3 is 5.69 Å². The molecule has 3 N–H and O–H groups in total. The number of hydrogen-bond acceptors (Lipinski definition) is 5. The number of aryl methyl sites for hydroxylation is 1. The summed E-state index contributed by atoms with van der Waals surface area (Å²) in [6, 6.07) is 11.2. The maximum Gasteiger partial charge on any atom is 0.332 e. The van der Waals surface area contributed by atoms with Crippen LogP contribution in [0.5, 0.6) is 5.75 Å². The fourth-order valence-corrected chi connectivity index (χ4v) is 5.05. The Morgan fingerprint density at radius 1 is 1.11 bits per heavy atom. The molecule has 0 amide bonds. The molecule has 7 nitrogen and oxygen atoms in total. The predicted molar refractivity (Wildman–Crippen MR) is 140 cm³/mol. The van der Waals surface area contributed by atoms with Gasteiger partial charge in [-0.15, -0.1) is 0 Å². The van der Waals surface area contributed by atoms with E-state index in [4.69, 9.17) is 17.3 Å². The molecule has 3 heterocycles. The van der Waals surface area contributed by atoms with Gasteiger partial charge in [-0.2, -0.15) is 0 Å². The van der Waals surface area contributed by atoms with Crippen molar-refractivity contribution in [2.45, 2.75) is 25.3 Å². The lowest BCUT2D eigenvalue weighted by Gasteiger charge is -2.38. The number of aromatic nitrogens is 3. The normalized spacial score (nSPS) is 18.0. The van der Waals surface area contributed by atoms with Crippen LogP contribution in [0.2, 0.25) is 5.02 Å². The average Bonchev–Trinajstić information content (AvgIpc) is 3.17. The van der Waals surface area contributed by atoms with Crippen molar-refractivity contribution < 1.29 is 9.50 Å². The summed E-state index contributed by atoms with van der Waals surface area (Å²) in [7, 11) is 1.65. The van der Waals surface area contributed by atoms with E-state index in [-0.39, 0.29) is 17.0 Å². The van der Waals surface area contributed by atoms with Gasteiger partial charge in [0.25, 0.3) is 0 Å². The van der Waals surface area contributed by atoms with Gasteiger partial charge in [-0.3, -0.25) is 4.57 Å². The van der Waals surface area contributed by atoms with Crippen molar-refractivity contribution in [1.29, 1.82) is 0 Å². The molecule has 0 saturated carbocycles. The van der Waals surface area contributed by atoms with E-state index in [1.165, 1.54) is 21.3 Å². The Balaban J connectivity index is 1.54. The Morgan fingerprint density at radius 2 is 1.83 bits per heavy atom. The first kappa shape index (κ1) is 24.1. The molecule has 0 radical (unpaired) electrons. The lowest BCUT2D eigenvalue weighted by molar-refractivity contribution is 0.373. The predicted octanol–water partition coefficient (Wildman–Crippen LogP) is 4.72. The number of pyridine rings is 1. The van der Waals surface area contributed by atoms with Crippen LogP contribution in [0.25, 0.3) is 27.9 Å². The zero-order valence-corrected chi connectivity index (χ0v) is 20.8. The lowest BCUT2D eigenvalue weighted by atomic mass is 9.92. The molecule has 186 valence electrons. The molecule has 2 aromatic heterocycles.